The molecule has 1 fully saturated rings. The SMILES string of the molecule is COC1CC2(C1)NCCc1ccsc12. The molecular formula is C11H15NOS. The van der Waals surface area contributed by atoms with Crippen LogP contribution in [-0.4, -0.2) is 19.8 Å². The summed E-state index contributed by atoms with van der Waals surface area (Å²) in [4.78, 5) is 1.57. The van der Waals surface area contributed by atoms with E-state index in [2.05, 4.69) is 16.8 Å². The van der Waals surface area contributed by atoms with E-state index in [1.54, 1.807) is 10.4 Å². The molecule has 1 aromatic rings. The molecule has 1 aromatic heterocycles. The van der Waals surface area contributed by atoms with Gasteiger partial charge in [0.15, 0.2) is 0 Å². The minimum absolute atomic E-state index is 0.280. The zero-order chi connectivity index (χ0) is 9.60. The van der Waals surface area contributed by atoms with Crippen molar-refractivity contribution >= 4 is 11.3 Å². The van der Waals surface area contributed by atoms with Crippen LogP contribution < -0.4 is 5.32 Å². The number of hydrogen-bond acceptors (Lipinski definition) is 3. The third-order valence-corrected chi connectivity index (χ3v) is 4.69. The quantitative estimate of drug-likeness (QED) is 0.762. The molecule has 1 aliphatic heterocycles. The van der Waals surface area contributed by atoms with Crippen LogP contribution in [0.25, 0.3) is 0 Å². The highest BCUT2D eigenvalue weighted by atomic mass is 32.1. The van der Waals surface area contributed by atoms with Crippen LogP contribution in [0.5, 0.6) is 0 Å². The first kappa shape index (κ1) is 8.89. The third kappa shape index (κ3) is 1.09. The minimum atomic E-state index is 0.280. The topological polar surface area (TPSA) is 21.3 Å². The Bertz CT molecular complexity index is 341. The van der Waals surface area contributed by atoms with Crippen LogP contribution in [0.1, 0.15) is 23.3 Å². The van der Waals surface area contributed by atoms with E-state index in [9.17, 15) is 0 Å². The first-order chi connectivity index (χ1) is 6.84. The molecule has 0 aromatic carbocycles. The molecule has 0 saturated heterocycles. The summed E-state index contributed by atoms with van der Waals surface area (Å²) in [6.07, 6.45) is 3.96. The number of ether oxygens (including phenoxy) is 1. The Hall–Kier alpha value is -0.380. The predicted molar refractivity (Wildman–Crippen MR) is 57.7 cm³/mol. The summed E-state index contributed by atoms with van der Waals surface area (Å²) >= 11 is 1.90. The lowest BCUT2D eigenvalue weighted by Crippen LogP contribution is -2.57. The van der Waals surface area contributed by atoms with Crippen molar-refractivity contribution in [3.63, 3.8) is 0 Å². The van der Waals surface area contributed by atoms with E-state index in [0.717, 1.165) is 19.4 Å². The molecule has 3 rings (SSSR count). The molecule has 76 valence electrons. The van der Waals surface area contributed by atoms with Crippen molar-refractivity contribution in [3.8, 4) is 0 Å². The molecule has 0 atom stereocenters. The van der Waals surface area contributed by atoms with E-state index in [-0.39, 0.29) is 5.54 Å². The molecule has 3 heteroatoms. The van der Waals surface area contributed by atoms with Crippen molar-refractivity contribution in [3.05, 3.63) is 21.9 Å². The second-order valence-electron chi connectivity index (χ2n) is 4.30. The highest BCUT2D eigenvalue weighted by Gasteiger charge is 2.48. The maximum absolute atomic E-state index is 5.37. The Kier molecular flexibility index (Phi) is 1.94. The van der Waals surface area contributed by atoms with E-state index in [1.165, 1.54) is 6.42 Å². The standard InChI is InChI=1S/C11H15NOS/c1-13-9-6-11(7-9)10-8(2-4-12-11)3-5-14-10/h3,5,9,12H,2,4,6-7H2,1H3. The van der Waals surface area contributed by atoms with Crippen molar-refractivity contribution in [1.82, 2.24) is 5.32 Å². The molecule has 1 aliphatic carbocycles. The van der Waals surface area contributed by atoms with E-state index in [0.29, 0.717) is 6.10 Å². The largest absolute Gasteiger partial charge is 0.381 e. The van der Waals surface area contributed by atoms with Gasteiger partial charge in [-0.15, -0.1) is 11.3 Å². The fourth-order valence-corrected chi connectivity index (χ4v) is 3.84. The van der Waals surface area contributed by atoms with Crippen LogP contribution in [-0.2, 0) is 16.7 Å². The Balaban J connectivity index is 1.91. The fraction of sp³-hybridized carbons (Fsp3) is 0.636. The molecule has 0 unspecified atom stereocenters. The first-order valence-corrected chi connectivity index (χ1v) is 6.07. The zero-order valence-corrected chi connectivity index (χ0v) is 9.19. The highest BCUT2D eigenvalue weighted by Crippen LogP contribution is 2.47. The van der Waals surface area contributed by atoms with Gasteiger partial charge in [0.05, 0.1) is 11.6 Å². The van der Waals surface area contributed by atoms with Gasteiger partial charge in [0.1, 0.15) is 0 Å². The van der Waals surface area contributed by atoms with Crippen LogP contribution in [0.3, 0.4) is 0 Å². The summed E-state index contributed by atoms with van der Waals surface area (Å²) in [7, 11) is 1.82. The average Bonchev–Trinajstić information content (AvgIpc) is 2.61. The molecule has 0 radical (unpaired) electrons. The van der Waals surface area contributed by atoms with E-state index in [4.69, 9.17) is 4.74 Å². The van der Waals surface area contributed by atoms with Crippen molar-refractivity contribution in [2.24, 2.45) is 0 Å². The van der Waals surface area contributed by atoms with Crippen LogP contribution in [0.15, 0.2) is 11.4 Å². The van der Waals surface area contributed by atoms with Gasteiger partial charge in [0, 0.05) is 18.5 Å². The lowest BCUT2D eigenvalue weighted by atomic mass is 9.70. The molecule has 0 amide bonds. The Morgan fingerprint density at radius 1 is 1.57 bits per heavy atom. The number of fused-ring (bicyclic) bond motifs is 2. The van der Waals surface area contributed by atoms with Crippen molar-refractivity contribution in [2.75, 3.05) is 13.7 Å². The lowest BCUT2D eigenvalue weighted by molar-refractivity contribution is -0.0338. The molecule has 2 aliphatic rings. The van der Waals surface area contributed by atoms with Crippen molar-refractivity contribution in [2.45, 2.75) is 30.9 Å². The number of hydrogen-bond donors (Lipinski definition) is 1. The molecule has 2 heterocycles. The summed E-state index contributed by atoms with van der Waals surface area (Å²) in [6.45, 7) is 1.13. The summed E-state index contributed by atoms with van der Waals surface area (Å²) in [5.74, 6) is 0. The van der Waals surface area contributed by atoms with E-state index < -0.39 is 0 Å². The maximum atomic E-state index is 5.37. The first-order valence-electron chi connectivity index (χ1n) is 5.19. The Labute approximate surface area is 88.3 Å². The second-order valence-corrected chi connectivity index (χ2v) is 5.22. The normalized spacial score (nSPS) is 35.4. The molecule has 14 heavy (non-hydrogen) atoms. The smallest absolute Gasteiger partial charge is 0.0613 e. The molecule has 1 N–H and O–H groups in total. The number of nitrogens with one attached hydrogen (secondary N) is 1. The van der Waals surface area contributed by atoms with Gasteiger partial charge in [-0.1, -0.05) is 0 Å². The molecular weight excluding hydrogens is 194 g/mol. The summed E-state index contributed by atoms with van der Waals surface area (Å²) < 4.78 is 5.37. The van der Waals surface area contributed by atoms with Crippen LogP contribution in [0.4, 0.5) is 0 Å². The van der Waals surface area contributed by atoms with Gasteiger partial charge in [-0.3, -0.25) is 0 Å². The van der Waals surface area contributed by atoms with Gasteiger partial charge in [-0.25, -0.2) is 0 Å². The van der Waals surface area contributed by atoms with Crippen molar-refractivity contribution < 1.29 is 4.74 Å². The lowest BCUT2D eigenvalue weighted by Gasteiger charge is -2.49. The maximum Gasteiger partial charge on any atom is 0.0613 e. The Morgan fingerprint density at radius 3 is 3.21 bits per heavy atom. The number of methoxy groups -OCH3 is 1. The molecule has 0 bridgehead atoms. The minimum Gasteiger partial charge on any atom is -0.381 e. The van der Waals surface area contributed by atoms with Gasteiger partial charge < -0.3 is 10.1 Å². The molecule has 1 saturated carbocycles. The summed E-state index contributed by atoms with van der Waals surface area (Å²) in [6, 6.07) is 2.28. The second kappa shape index (κ2) is 3.05. The van der Waals surface area contributed by atoms with Crippen molar-refractivity contribution in [1.29, 1.82) is 0 Å². The van der Waals surface area contributed by atoms with E-state index >= 15 is 0 Å². The third-order valence-electron chi connectivity index (χ3n) is 3.52. The number of rotatable bonds is 1. The van der Waals surface area contributed by atoms with E-state index in [1.807, 2.05) is 18.4 Å². The van der Waals surface area contributed by atoms with Gasteiger partial charge in [-0.05, 0) is 36.3 Å². The zero-order valence-electron chi connectivity index (χ0n) is 8.38. The Morgan fingerprint density at radius 2 is 2.43 bits per heavy atom. The van der Waals surface area contributed by atoms with Gasteiger partial charge in [-0.2, -0.15) is 0 Å². The average molecular weight is 209 g/mol. The molecule has 1 spiro atoms. The highest BCUT2D eigenvalue weighted by molar-refractivity contribution is 7.10. The van der Waals surface area contributed by atoms with Gasteiger partial charge >= 0.3 is 0 Å². The van der Waals surface area contributed by atoms with Gasteiger partial charge in [0.25, 0.3) is 0 Å². The van der Waals surface area contributed by atoms with Crippen LogP contribution in [0.2, 0.25) is 0 Å². The fourth-order valence-electron chi connectivity index (χ4n) is 2.68. The monoisotopic (exact) mass is 209 g/mol. The summed E-state index contributed by atoms with van der Waals surface area (Å²) in [5, 5.41) is 5.89. The predicted octanol–water partition coefficient (Wildman–Crippen LogP) is 1.90. The summed E-state index contributed by atoms with van der Waals surface area (Å²) in [5.41, 5.74) is 1.84. The van der Waals surface area contributed by atoms with Gasteiger partial charge in [0.2, 0.25) is 0 Å². The van der Waals surface area contributed by atoms with Crippen LogP contribution >= 0.6 is 11.3 Å². The van der Waals surface area contributed by atoms with Crippen LogP contribution in [0, 0.1) is 0 Å². The molecule has 2 nitrogen and oxygen atoms in total. The number of thiophene rings is 1.